The van der Waals surface area contributed by atoms with Gasteiger partial charge in [0, 0.05) is 16.2 Å². The zero-order valence-electron chi connectivity index (χ0n) is 13.7. The topological polar surface area (TPSA) is 71.1 Å². The van der Waals surface area contributed by atoms with E-state index in [1.165, 1.54) is 25.6 Å². The van der Waals surface area contributed by atoms with Gasteiger partial charge in [0.05, 0.1) is 24.4 Å². The maximum atomic E-state index is 11.9. The van der Waals surface area contributed by atoms with E-state index in [1.807, 2.05) is 0 Å². The second-order valence-corrected chi connectivity index (χ2v) is 6.91. The number of benzene rings is 1. The van der Waals surface area contributed by atoms with E-state index >= 15 is 0 Å². The van der Waals surface area contributed by atoms with Gasteiger partial charge in [-0.05, 0) is 42.5 Å². The summed E-state index contributed by atoms with van der Waals surface area (Å²) in [7, 11) is 2.82. The van der Waals surface area contributed by atoms with E-state index < -0.39 is 12.1 Å². The second-order valence-electron chi connectivity index (χ2n) is 4.75. The fourth-order valence-corrected chi connectivity index (χ4v) is 4.07. The third-order valence-corrected chi connectivity index (χ3v) is 5.34. The van der Waals surface area contributed by atoms with Crippen molar-refractivity contribution in [2.75, 3.05) is 20.8 Å². The highest BCUT2D eigenvalue weighted by atomic mass is 127. The van der Waals surface area contributed by atoms with Crippen LogP contribution in [0.15, 0.2) is 12.1 Å². The molecule has 130 valence electrons. The molecule has 1 heterocycles. The van der Waals surface area contributed by atoms with E-state index in [1.54, 1.807) is 26.0 Å². The summed E-state index contributed by atoms with van der Waals surface area (Å²) in [6, 6.07) is 3.54. The van der Waals surface area contributed by atoms with Gasteiger partial charge in [0.2, 0.25) is 0 Å². The molecule has 24 heavy (non-hydrogen) atoms. The van der Waals surface area contributed by atoms with Gasteiger partial charge < -0.3 is 18.9 Å². The van der Waals surface area contributed by atoms with Crippen LogP contribution in [0.1, 0.15) is 23.5 Å². The van der Waals surface area contributed by atoms with Crippen LogP contribution in [0.25, 0.3) is 10.1 Å². The highest BCUT2D eigenvalue weighted by Crippen LogP contribution is 2.42. The number of carbonyl (C=O) groups is 2. The summed E-state index contributed by atoms with van der Waals surface area (Å²) in [6.45, 7) is 3.68. The standard InChI is InChI=1S/C16H17IO6S/c1-5-22-16(19)12-6-9-11(24-12)7-10(20-3)14(13(9)17)23-8(2)15(18)21-4/h6-8H,5H2,1-4H3. The molecule has 1 aromatic heterocycles. The molecule has 0 fully saturated rings. The van der Waals surface area contributed by atoms with Gasteiger partial charge in [0.25, 0.3) is 0 Å². The molecule has 6 nitrogen and oxygen atoms in total. The Hall–Kier alpha value is -1.55. The molecule has 0 amide bonds. The van der Waals surface area contributed by atoms with Crippen LogP contribution >= 0.6 is 33.9 Å². The fraction of sp³-hybridized carbons (Fsp3) is 0.375. The van der Waals surface area contributed by atoms with Gasteiger partial charge in [-0.15, -0.1) is 11.3 Å². The molecule has 0 radical (unpaired) electrons. The fourth-order valence-electron chi connectivity index (χ4n) is 2.05. The van der Waals surface area contributed by atoms with Crippen molar-refractivity contribution in [2.24, 2.45) is 0 Å². The number of hydrogen-bond acceptors (Lipinski definition) is 7. The summed E-state index contributed by atoms with van der Waals surface area (Å²) in [5, 5.41) is 0.844. The van der Waals surface area contributed by atoms with E-state index in [0.29, 0.717) is 23.0 Å². The van der Waals surface area contributed by atoms with Gasteiger partial charge in [-0.1, -0.05) is 0 Å². The lowest BCUT2D eigenvalue weighted by Crippen LogP contribution is -2.25. The monoisotopic (exact) mass is 464 g/mol. The summed E-state index contributed by atoms with van der Waals surface area (Å²) in [6.07, 6.45) is -0.780. The van der Waals surface area contributed by atoms with Crippen LogP contribution in [0, 0.1) is 3.57 Å². The smallest absolute Gasteiger partial charge is 0.348 e. The Labute approximate surface area is 157 Å². The van der Waals surface area contributed by atoms with Gasteiger partial charge in [0.15, 0.2) is 17.6 Å². The van der Waals surface area contributed by atoms with Gasteiger partial charge >= 0.3 is 11.9 Å². The van der Waals surface area contributed by atoms with Gasteiger partial charge in [0.1, 0.15) is 4.88 Å². The van der Waals surface area contributed by atoms with Crippen LogP contribution in [0.3, 0.4) is 0 Å². The lowest BCUT2D eigenvalue weighted by Gasteiger charge is -2.17. The maximum absolute atomic E-state index is 11.9. The predicted octanol–water partition coefficient (Wildman–Crippen LogP) is 3.63. The van der Waals surface area contributed by atoms with Crippen molar-refractivity contribution in [1.29, 1.82) is 0 Å². The molecule has 0 aliphatic heterocycles. The van der Waals surface area contributed by atoms with Crippen LogP contribution in [0.5, 0.6) is 11.5 Å². The van der Waals surface area contributed by atoms with Gasteiger partial charge in [-0.3, -0.25) is 0 Å². The number of carbonyl (C=O) groups excluding carboxylic acids is 2. The first-order valence-electron chi connectivity index (χ1n) is 7.14. The minimum absolute atomic E-state index is 0.318. The molecular weight excluding hydrogens is 447 g/mol. The normalized spacial score (nSPS) is 11.9. The molecule has 8 heteroatoms. The molecule has 2 rings (SSSR count). The van der Waals surface area contributed by atoms with Crippen molar-refractivity contribution in [3.8, 4) is 11.5 Å². The van der Waals surface area contributed by atoms with Crippen molar-refractivity contribution in [2.45, 2.75) is 20.0 Å². The van der Waals surface area contributed by atoms with E-state index in [0.717, 1.165) is 13.7 Å². The number of methoxy groups -OCH3 is 2. The van der Waals surface area contributed by atoms with Crippen LogP contribution in [-0.2, 0) is 14.3 Å². The Kier molecular flexibility index (Phi) is 6.27. The number of halogens is 1. The molecule has 0 N–H and O–H groups in total. The molecular formula is C16H17IO6S. The zero-order valence-corrected chi connectivity index (χ0v) is 16.6. The van der Waals surface area contributed by atoms with Crippen molar-refractivity contribution in [3.05, 3.63) is 20.6 Å². The number of hydrogen-bond donors (Lipinski definition) is 0. The van der Waals surface area contributed by atoms with Gasteiger partial charge in [-0.25, -0.2) is 9.59 Å². The number of thiophene rings is 1. The first-order valence-corrected chi connectivity index (χ1v) is 9.04. The molecule has 1 aromatic carbocycles. The van der Waals surface area contributed by atoms with Crippen LogP contribution in [0.2, 0.25) is 0 Å². The Morgan fingerprint density at radius 1 is 1.29 bits per heavy atom. The molecule has 2 aromatic rings. The number of rotatable bonds is 6. The molecule has 0 saturated carbocycles. The first-order chi connectivity index (χ1) is 11.4. The Bertz CT molecular complexity index is 770. The average Bonchev–Trinajstić information content (AvgIpc) is 3.00. The average molecular weight is 464 g/mol. The predicted molar refractivity (Wildman–Crippen MR) is 99.2 cm³/mol. The van der Waals surface area contributed by atoms with E-state index in [-0.39, 0.29) is 5.97 Å². The second kappa shape index (κ2) is 8.02. The molecule has 0 aliphatic rings. The Morgan fingerprint density at radius 3 is 2.58 bits per heavy atom. The third-order valence-electron chi connectivity index (χ3n) is 3.21. The minimum atomic E-state index is -0.780. The quantitative estimate of drug-likeness (QED) is 0.481. The summed E-state index contributed by atoms with van der Waals surface area (Å²) < 4.78 is 22.4. The summed E-state index contributed by atoms with van der Waals surface area (Å²) >= 11 is 3.43. The highest BCUT2D eigenvalue weighted by molar-refractivity contribution is 14.1. The lowest BCUT2D eigenvalue weighted by molar-refractivity contribution is -0.147. The third kappa shape index (κ3) is 3.75. The maximum Gasteiger partial charge on any atom is 0.348 e. The molecule has 0 spiro atoms. The van der Waals surface area contributed by atoms with Gasteiger partial charge in [-0.2, -0.15) is 0 Å². The summed E-state index contributed by atoms with van der Waals surface area (Å²) in [5.74, 6) is 0.0842. The van der Waals surface area contributed by atoms with Crippen LogP contribution in [-0.4, -0.2) is 38.9 Å². The summed E-state index contributed by atoms with van der Waals surface area (Å²) in [4.78, 5) is 24.0. The van der Waals surface area contributed by atoms with Crippen molar-refractivity contribution < 1.29 is 28.5 Å². The molecule has 1 unspecified atom stereocenters. The Morgan fingerprint density at radius 2 is 2.00 bits per heavy atom. The molecule has 0 saturated heterocycles. The first kappa shape index (κ1) is 18.8. The Balaban J connectivity index is 2.49. The number of ether oxygens (including phenoxy) is 4. The van der Waals surface area contributed by atoms with Crippen LogP contribution in [0.4, 0.5) is 0 Å². The number of fused-ring (bicyclic) bond motifs is 1. The van der Waals surface area contributed by atoms with Crippen molar-refractivity contribution in [3.63, 3.8) is 0 Å². The lowest BCUT2D eigenvalue weighted by atomic mass is 10.2. The molecule has 0 aliphatic carbocycles. The van der Waals surface area contributed by atoms with E-state index in [2.05, 4.69) is 27.3 Å². The van der Waals surface area contributed by atoms with Crippen molar-refractivity contribution >= 4 is 56.0 Å². The van der Waals surface area contributed by atoms with Crippen molar-refractivity contribution in [1.82, 2.24) is 0 Å². The SMILES string of the molecule is CCOC(=O)c1cc2c(I)c(OC(C)C(=O)OC)c(OC)cc2s1. The van der Waals surface area contributed by atoms with E-state index in [9.17, 15) is 9.59 Å². The van der Waals surface area contributed by atoms with E-state index in [4.69, 9.17) is 14.2 Å². The highest BCUT2D eigenvalue weighted by Gasteiger charge is 2.23. The summed E-state index contributed by atoms with van der Waals surface area (Å²) in [5.41, 5.74) is 0. The van der Waals surface area contributed by atoms with Crippen LogP contribution < -0.4 is 9.47 Å². The zero-order chi connectivity index (χ0) is 17.9. The molecule has 0 bridgehead atoms. The number of esters is 2. The largest absolute Gasteiger partial charge is 0.493 e. The minimum Gasteiger partial charge on any atom is -0.493 e. The molecule has 1 atom stereocenters.